The first kappa shape index (κ1) is 23.9. The molecule has 0 aliphatic heterocycles. The molecular formula is C28H21ClN2O2Se2. The van der Waals surface area contributed by atoms with Crippen LogP contribution in [0.25, 0.3) is 30.7 Å². The molecule has 2 heterocycles. The zero-order valence-electron chi connectivity index (χ0n) is 18.9. The quantitative estimate of drug-likeness (QED) is 0.255. The van der Waals surface area contributed by atoms with Crippen LogP contribution in [0.3, 0.4) is 0 Å². The molecule has 0 atom stereocenters. The summed E-state index contributed by atoms with van der Waals surface area (Å²) < 4.78 is 6.01. The predicted molar refractivity (Wildman–Crippen MR) is 147 cm³/mol. The van der Waals surface area contributed by atoms with E-state index in [1.807, 2.05) is 92.1 Å². The maximum atomic E-state index is 12.3. The third-order valence-electron chi connectivity index (χ3n) is 5.60. The molecule has 0 bridgehead atoms. The number of aromatic nitrogens is 2. The van der Waals surface area contributed by atoms with Gasteiger partial charge in [-0.25, -0.2) is 0 Å². The summed E-state index contributed by atoms with van der Waals surface area (Å²) in [4.78, 5) is 24.5. The summed E-state index contributed by atoms with van der Waals surface area (Å²) in [5.41, 5.74) is 3.39. The minimum absolute atomic E-state index is 0.0123. The van der Waals surface area contributed by atoms with Crippen LogP contribution < -0.4 is 11.1 Å². The molecule has 6 aromatic rings. The predicted octanol–water partition coefficient (Wildman–Crippen LogP) is 5.31. The van der Waals surface area contributed by atoms with E-state index in [-0.39, 0.29) is 40.6 Å². The second-order valence-corrected chi connectivity index (χ2v) is 12.5. The molecule has 0 saturated heterocycles. The van der Waals surface area contributed by atoms with E-state index in [9.17, 15) is 9.59 Å². The number of benzene rings is 4. The monoisotopic (exact) mass is 612 g/mol. The first-order valence-corrected chi connectivity index (χ1v) is 14.7. The first-order valence-electron chi connectivity index (χ1n) is 11.1. The molecular weight excluding hydrogens is 590 g/mol. The SMILES string of the molecule is CCc1ccc(-n2[se]c3ccccc3c2=O)cc1.O=c1c2ccccc2[se]n1-c1cccc(Cl)c1. The van der Waals surface area contributed by atoms with E-state index in [1.54, 1.807) is 0 Å². The topological polar surface area (TPSA) is 44.0 Å². The summed E-state index contributed by atoms with van der Waals surface area (Å²) >= 11 is 6.03. The van der Waals surface area contributed by atoms with Crippen LogP contribution in [0.5, 0.6) is 0 Å². The van der Waals surface area contributed by atoms with Gasteiger partial charge < -0.3 is 0 Å². The van der Waals surface area contributed by atoms with Gasteiger partial charge in [0.25, 0.3) is 0 Å². The molecule has 0 N–H and O–H groups in total. The van der Waals surface area contributed by atoms with E-state index in [2.05, 4.69) is 19.1 Å². The average molecular weight is 611 g/mol. The molecule has 0 unspecified atom stereocenters. The number of hydrogen-bond acceptors (Lipinski definition) is 2. The van der Waals surface area contributed by atoms with Crippen molar-refractivity contribution in [3.05, 3.63) is 128 Å². The second kappa shape index (κ2) is 10.4. The van der Waals surface area contributed by atoms with Crippen molar-refractivity contribution in [2.24, 2.45) is 0 Å². The minimum atomic E-state index is 0.0123. The number of fused-ring (bicyclic) bond motifs is 2. The molecule has 0 spiro atoms. The number of nitrogens with zero attached hydrogens (tertiary/aromatic N) is 2. The van der Waals surface area contributed by atoms with Gasteiger partial charge in [0.1, 0.15) is 0 Å². The summed E-state index contributed by atoms with van der Waals surface area (Å²) in [6.45, 7) is 2.13. The van der Waals surface area contributed by atoms with E-state index in [4.69, 9.17) is 11.6 Å². The standard InChI is InChI=1S/C15H13NOSe.C13H8ClNOSe/c1-2-11-7-9-12(10-8-11)16-15(17)13-5-3-4-6-14(13)18-16;14-9-4-3-5-10(8-9)15-13(16)11-6-1-2-7-12(11)17-15/h3-10H,2H2,1H3;1-8H. The van der Waals surface area contributed by atoms with Crippen molar-refractivity contribution in [3.8, 4) is 11.4 Å². The molecule has 0 fully saturated rings. The Balaban J connectivity index is 0.000000145. The average Bonchev–Trinajstić information content (AvgIpc) is 3.42. The van der Waals surface area contributed by atoms with Gasteiger partial charge in [0.15, 0.2) is 0 Å². The maximum absolute atomic E-state index is 12.3. The Morgan fingerprint density at radius 2 is 1.20 bits per heavy atom. The molecule has 7 heteroatoms. The van der Waals surface area contributed by atoms with Crippen molar-refractivity contribution in [3.63, 3.8) is 0 Å². The summed E-state index contributed by atoms with van der Waals surface area (Å²) in [7, 11) is 0. The van der Waals surface area contributed by atoms with Crippen molar-refractivity contribution in [1.82, 2.24) is 7.12 Å². The molecule has 6 rings (SSSR count). The van der Waals surface area contributed by atoms with Gasteiger partial charge in [0.05, 0.1) is 0 Å². The third kappa shape index (κ3) is 4.95. The van der Waals surface area contributed by atoms with E-state index >= 15 is 0 Å². The Kier molecular flexibility index (Phi) is 7.10. The van der Waals surface area contributed by atoms with Crippen molar-refractivity contribution < 1.29 is 0 Å². The van der Waals surface area contributed by atoms with Crippen molar-refractivity contribution >= 4 is 60.4 Å². The zero-order chi connectivity index (χ0) is 24.4. The van der Waals surface area contributed by atoms with Gasteiger partial charge in [-0.05, 0) is 0 Å². The Labute approximate surface area is 219 Å². The molecule has 35 heavy (non-hydrogen) atoms. The van der Waals surface area contributed by atoms with Gasteiger partial charge in [0, 0.05) is 0 Å². The molecule has 0 amide bonds. The summed E-state index contributed by atoms with van der Waals surface area (Å²) in [5, 5.41) is 2.33. The Morgan fingerprint density at radius 1 is 0.657 bits per heavy atom. The van der Waals surface area contributed by atoms with Gasteiger partial charge in [-0.1, -0.05) is 0 Å². The van der Waals surface area contributed by atoms with Gasteiger partial charge >= 0.3 is 221 Å². The van der Waals surface area contributed by atoms with E-state index in [1.165, 1.54) is 9.82 Å². The van der Waals surface area contributed by atoms with Crippen LogP contribution in [0.2, 0.25) is 5.02 Å². The van der Waals surface area contributed by atoms with E-state index in [0.29, 0.717) is 5.02 Å². The molecule has 2 aromatic heterocycles. The second-order valence-electron chi connectivity index (χ2n) is 7.87. The Bertz CT molecular complexity index is 1740. The summed E-state index contributed by atoms with van der Waals surface area (Å²) in [6, 6.07) is 31.4. The fraction of sp³-hybridized carbons (Fsp3) is 0.0714. The first-order chi connectivity index (χ1) is 17.0. The summed E-state index contributed by atoms with van der Waals surface area (Å²) in [5.74, 6) is 0. The van der Waals surface area contributed by atoms with Crippen molar-refractivity contribution in [2.45, 2.75) is 13.3 Å². The van der Waals surface area contributed by atoms with Crippen molar-refractivity contribution in [1.29, 1.82) is 0 Å². The Hall–Kier alpha value is -2.85. The van der Waals surface area contributed by atoms with Crippen LogP contribution in [0.15, 0.2) is 107 Å². The van der Waals surface area contributed by atoms with Gasteiger partial charge in [0.2, 0.25) is 0 Å². The van der Waals surface area contributed by atoms with Crippen molar-refractivity contribution in [2.75, 3.05) is 0 Å². The molecule has 0 saturated carbocycles. The van der Waals surface area contributed by atoms with Gasteiger partial charge in [-0.2, -0.15) is 0 Å². The molecule has 4 nitrogen and oxygen atoms in total. The molecule has 0 radical (unpaired) electrons. The van der Waals surface area contributed by atoms with Gasteiger partial charge in [-0.15, -0.1) is 0 Å². The molecule has 174 valence electrons. The van der Waals surface area contributed by atoms with E-state index in [0.717, 1.165) is 32.8 Å². The van der Waals surface area contributed by atoms with Crippen LogP contribution in [0.4, 0.5) is 0 Å². The number of aryl methyl sites for hydroxylation is 1. The van der Waals surface area contributed by atoms with Crippen LogP contribution >= 0.6 is 11.6 Å². The van der Waals surface area contributed by atoms with Crippen LogP contribution in [0, 0.1) is 0 Å². The van der Waals surface area contributed by atoms with Crippen LogP contribution in [0.1, 0.15) is 12.5 Å². The third-order valence-corrected chi connectivity index (χ3v) is 10.5. The summed E-state index contributed by atoms with van der Waals surface area (Å²) in [6.07, 6.45) is 1.03. The normalized spacial score (nSPS) is 10.9. The van der Waals surface area contributed by atoms with E-state index < -0.39 is 0 Å². The number of hydrogen-bond donors (Lipinski definition) is 0. The van der Waals surface area contributed by atoms with Crippen LogP contribution in [-0.4, -0.2) is 36.6 Å². The number of rotatable bonds is 3. The Morgan fingerprint density at radius 3 is 1.71 bits per heavy atom. The molecule has 0 aliphatic carbocycles. The fourth-order valence-electron chi connectivity index (χ4n) is 3.75. The molecule has 4 aromatic carbocycles. The molecule has 0 aliphatic rings. The number of halogens is 1. The fourth-order valence-corrected chi connectivity index (χ4v) is 8.11. The van der Waals surface area contributed by atoms with Gasteiger partial charge in [-0.3, -0.25) is 0 Å². The zero-order valence-corrected chi connectivity index (χ0v) is 23.0. The van der Waals surface area contributed by atoms with Crippen LogP contribution in [-0.2, 0) is 6.42 Å².